The van der Waals surface area contributed by atoms with Crippen LogP contribution in [-0.2, 0) is 22.5 Å². The molecule has 3 rings (SSSR count). The minimum absolute atomic E-state index is 0.122. The number of urea groups is 1. The maximum Gasteiger partial charge on any atom is 0.409 e. The zero-order valence-corrected chi connectivity index (χ0v) is 17.5. The first-order chi connectivity index (χ1) is 14.5. The fraction of sp³-hybridized carbons (Fsp3) is 0.421. The Kier molecular flexibility index (Phi) is 7.55. The van der Waals surface area contributed by atoms with Crippen molar-refractivity contribution in [3.8, 4) is 0 Å². The van der Waals surface area contributed by atoms with Crippen molar-refractivity contribution < 1.29 is 19.1 Å². The number of nitrogens with one attached hydrogen (secondary N) is 2. The summed E-state index contributed by atoms with van der Waals surface area (Å²) in [6, 6.07) is 5.24. The number of rotatable bonds is 6. The molecule has 2 N–H and O–H groups in total. The van der Waals surface area contributed by atoms with Crippen LogP contribution in [0.25, 0.3) is 0 Å². The molecule has 0 radical (unpaired) electrons. The van der Waals surface area contributed by atoms with E-state index in [1.807, 2.05) is 18.2 Å². The lowest BCUT2D eigenvalue weighted by Gasteiger charge is -2.33. The molecule has 0 aromatic carbocycles. The van der Waals surface area contributed by atoms with Crippen molar-refractivity contribution in [3.63, 3.8) is 0 Å². The lowest BCUT2D eigenvalue weighted by atomic mass is 10.3. The summed E-state index contributed by atoms with van der Waals surface area (Å²) in [5.41, 5.74) is 1.36. The Morgan fingerprint density at radius 3 is 2.60 bits per heavy atom. The van der Waals surface area contributed by atoms with Crippen LogP contribution in [-0.4, -0.2) is 70.6 Å². The van der Waals surface area contributed by atoms with Crippen molar-refractivity contribution in [1.82, 2.24) is 25.1 Å². The molecular formula is C19H24N6O4S. The molecule has 3 heterocycles. The highest BCUT2D eigenvalue weighted by atomic mass is 32.1. The highest BCUT2D eigenvalue weighted by Gasteiger charge is 2.25. The van der Waals surface area contributed by atoms with E-state index in [2.05, 4.69) is 20.6 Å². The monoisotopic (exact) mass is 432 g/mol. The summed E-state index contributed by atoms with van der Waals surface area (Å²) in [5.74, 6) is -0.168. The van der Waals surface area contributed by atoms with Crippen LogP contribution in [0.4, 0.5) is 14.7 Å². The average Bonchev–Trinajstić information content (AvgIpc) is 3.19. The van der Waals surface area contributed by atoms with E-state index in [0.29, 0.717) is 50.2 Å². The number of pyridine rings is 1. The molecule has 1 aliphatic heterocycles. The fourth-order valence-corrected chi connectivity index (χ4v) is 3.54. The van der Waals surface area contributed by atoms with Gasteiger partial charge in [-0.2, -0.15) is 0 Å². The Balaban J connectivity index is 1.42. The van der Waals surface area contributed by atoms with Crippen molar-refractivity contribution in [2.24, 2.45) is 0 Å². The predicted molar refractivity (Wildman–Crippen MR) is 111 cm³/mol. The normalized spacial score (nSPS) is 13.6. The minimum Gasteiger partial charge on any atom is -0.450 e. The molecule has 4 amide bonds. The first kappa shape index (κ1) is 21.5. The molecule has 2 aromatic heterocycles. The Labute approximate surface area is 178 Å². The molecule has 0 bridgehead atoms. The number of ether oxygens (including phenoxy) is 1. The summed E-state index contributed by atoms with van der Waals surface area (Å²) in [6.07, 6.45) is 1.44. The molecule has 160 valence electrons. The van der Waals surface area contributed by atoms with E-state index in [0.717, 1.165) is 5.69 Å². The van der Waals surface area contributed by atoms with E-state index < -0.39 is 0 Å². The zero-order chi connectivity index (χ0) is 21.3. The molecule has 1 fully saturated rings. The minimum atomic E-state index is -0.358. The molecule has 30 heavy (non-hydrogen) atoms. The van der Waals surface area contributed by atoms with E-state index in [4.69, 9.17) is 4.74 Å². The molecular weight excluding hydrogens is 408 g/mol. The smallest absolute Gasteiger partial charge is 0.409 e. The van der Waals surface area contributed by atoms with Gasteiger partial charge in [0.15, 0.2) is 5.13 Å². The van der Waals surface area contributed by atoms with Crippen LogP contribution < -0.4 is 10.6 Å². The van der Waals surface area contributed by atoms with Crippen molar-refractivity contribution in [3.05, 3.63) is 41.2 Å². The maximum atomic E-state index is 12.4. The van der Waals surface area contributed by atoms with Crippen molar-refractivity contribution in [1.29, 1.82) is 0 Å². The van der Waals surface area contributed by atoms with Crippen LogP contribution in [0.2, 0.25) is 0 Å². The number of carbonyl (C=O) groups is 3. The number of carbonyl (C=O) groups excluding carboxylic acids is 3. The second-order valence-electron chi connectivity index (χ2n) is 6.52. The molecule has 0 atom stereocenters. The van der Waals surface area contributed by atoms with E-state index in [1.54, 1.807) is 28.3 Å². The van der Waals surface area contributed by atoms with Gasteiger partial charge in [-0.1, -0.05) is 6.07 Å². The number of thiazole rings is 1. The Bertz CT molecular complexity index is 867. The molecule has 1 saturated heterocycles. The number of hydrogen-bond donors (Lipinski definition) is 2. The summed E-state index contributed by atoms with van der Waals surface area (Å²) in [4.78, 5) is 47.9. The van der Waals surface area contributed by atoms with Crippen molar-refractivity contribution >= 4 is 34.5 Å². The third kappa shape index (κ3) is 6.14. The molecule has 2 aromatic rings. The van der Waals surface area contributed by atoms with Gasteiger partial charge in [0.05, 0.1) is 31.0 Å². The summed E-state index contributed by atoms with van der Waals surface area (Å²) >= 11 is 1.26. The third-order valence-electron chi connectivity index (χ3n) is 4.39. The van der Waals surface area contributed by atoms with Crippen LogP contribution in [0.1, 0.15) is 18.3 Å². The Morgan fingerprint density at radius 2 is 1.90 bits per heavy atom. The molecule has 10 nitrogen and oxygen atoms in total. The van der Waals surface area contributed by atoms with Crippen LogP contribution in [0.15, 0.2) is 29.8 Å². The zero-order valence-electron chi connectivity index (χ0n) is 16.7. The maximum absolute atomic E-state index is 12.4. The standard InChI is InChI=1S/C19H24N6O4S/c1-2-29-19(28)25-9-7-24(8-10-25)18(27)23-17-22-15(13-30-17)11-16(26)21-12-14-5-3-4-6-20-14/h3-6,13H,2,7-12H2,1H3,(H,21,26)(H,22,23,27). The van der Waals surface area contributed by atoms with Gasteiger partial charge in [0.2, 0.25) is 5.91 Å². The topological polar surface area (TPSA) is 117 Å². The Morgan fingerprint density at radius 1 is 1.13 bits per heavy atom. The quantitative estimate of drug-likeness (QED) is 0.718. The number of nitrogens with zero attached hydrogens (tertiary/aromatic N) is 4. The van der Waals surface area contributed by atoms with Gasteiger partial charge in [0.1, 0.15) is 0 Å². The SMILES string of the molecule is CCOC(=O)N1CCN(C(=O)Nc2nc(CC(=O)NCc3ccccn3)cs2)CC1. The lowest BCUT2D eigenvalue weighted by molar-refractivity contribution is -0.120. The van der Waals surface area contributed by atoms with Gasteiger partial charge in [-0.15, -0.1) is 11.3 Å². The van der Waals surface area contributed by atoms with E-state index >= 15 is 0 Å². The number of aromatic nitrogens is 2. The van der Waals surface area contributed by atoms with Gasteiger partial charge in [-0.3, -0.25) is 15.1 Å². The van der Waals surface area contributed by atoms with Crippen LogP contribution in [0.5, 0.6) is 0 Å². The second-order valence-corrected chi connectivity index (χ2v) is 7.38. The van der Waals surface area contributed by atoms with Gasteiger partial charge < -0.3 is 19.9 Å². The highest BCUT2D eigenvalue weighted by molar-refractivity contribution is 7.13. The van der Waals surface area contributed by atoms with Crippen molar-refractivity contribution in [2.45, 2.75) is 19.9 Å². The van der Waals surface area contributed by atoms with Crippen LogP contribution in [0.3, 0.4) is 0 Å². The second kappa shape index (κ2) is 10.5. The van der Waals surface area contributed by atoms with Crippen molar-refractivity contribution in [2.75, 3.05) is 38.1 Å². The molecule has 0 aliphatic carbocycles. The molecule has 0 spiro atoms. The van der Waals surface area contributed by atoms with Gasteiger partial charge in [-0.05, 0) is 19.1 Å². The first-order valence-electron chi connectivity index (χ1n) is 9.63. The largest absolute Gasteiger partial charge is 0.450 e. The number of amides is 4. The molecule has 0 unspecified atom stereocenters. The van der Waals surface area contributed by atoms with Crippen LogP contribution in [0, 0.1) is 0 Å². The lowest BCUT2D eigenvalue weighted by Crippen LogP contribution is -2.51. The van der Waals surface area contributed by atoms with Crippen LogP contribution >= 0.6 is 11.3 Å². The first-order valence-corrected chi connectivity index (χ1v) is 10.5. The van der Waals surface area contributed by atoms with E-state index in [9.17, 15) is 14.4 Å². The third-order valence-corrected chi connectivity index (χ3v) is 5.20. The number of anilines is 1. The number of hydrogen-bond acceptors (Lipinski definition) is 7. The summed E-state index contributed by atoms with van der Waals surface area (Å²) < 4.78 is 4.97. The summed E-state index contributed by atoms with van der Waals surface area (Å²) in [5, 5.41) is 7.72. The van der Waals surface area contributed by atoms with Gasteiger partial charge in [0.25, 0.3) is 0 Å². The number of piperazine rings is 1. The average molecular weight is 433 g/mol. The van der Waals surface area contributed by atoms with E-state index in [-0.39, 0.29) is 24.5 Å². The highest BCUT2D eigenvalue weighted by Crippen LogP contribution is 2.17. The molecule has 1 aliphatic rings. The molecule has 11 heteroatoms. The summed E-state index contributed by atoms with van der Waals surface area (Å²) in [7, 11) is 0. The Hall–Kier alpha value is -3.21. The van der Waals surface area contributed by atoms with Gasteiger partial charge in [0, 0.05) is 37.8 Å². The fourth-order valence-electron chi connectivity index (χ4n) is 2.84. The van der Waals surface area contributed by atoms with Gasteiger partial charge in [-0.25, -0.2) is 14.6 Å². The van der Waals surface area contributed by atoms with Gasteiger partial charge >= 0.3 is 12.1 Å². The molecule has 0 saturated carbocycles. The van der Waals surface area contributed by atoms with E-state index in [1.165, 1.54) is 11.3 Å². The summed E-state index contributed by atoms with van der Waals surface area (Å²) in [6.45, 7) is 4.11. The predicted octanol–water partition coefficient (Wildman–Crippen LogP) is 1.70.